The second kappa shape index (κ2) is 9.42. The Kier molecular flexibility index (Phi) is 6.96. The SMILES string of the molecule is Cc1ccc(SCCNC(=O)C2CCCN2C(=O)c2ccc(Br)cc2)cc1. The van der Waals surface area contributed by atoms with Gasteiger partial charge in [-0.1, -0.05) is 33.6 Å². The number of amides is 2. The maximum atomic E-state index is 12.7. The highest BCUT2D eigenvalue weighted by Crippen LogP contribution is 2.22. The number of benzene rings is 2. The number of hydrogen-bond donors (Lipinski definition) is 1. The van der Waals surface area contributed by atoms with Crippen LogP contribution in [0.4, 0.5) is 0 Å². The Morgan fingerprint density at radius 3 is 2.56 bits per heavy atom. The number of carbonyl (C=O) groups excluding carboxylic acids is 2. The number of rotatable bonds is 6. The Morgan fingerprint density at radius 2 is 1.85 bits per heavy atom. The van der Waals surface area contributed by atoms with Crippen LogP contribution in [0.15, 0.2) is 57.9 Å². The first kappa shape index (κ1) is 20.0. The molecule has 0 radical (unpaired) electrons. The largest absolute Gasteiger partial charge is 0.353 e. The molecule has 2 amide bonds. The molecule has 6 heteroatoms. The first-order valence-corrected chi connectivity index (χ1v) is 10.9. The minimum atomic E-state index is -0.370. The number of thioether (sulfide) groups is 1. The van der Waals surface area contributed by atoms with Gasteiger partial charge in [0.2, 0.25) is 5.91 Å². The lowest BCUT2D eigenvalue weighted by molar-refractivity contribution is -0.124. The van der Waals surface area contributed by atoms with Crippen molar-refractivity contribution in [2.45, 2.75) is 30.7 Å². The zero-order chi connectivity index (χ0) is 19.2. The second-order valence-electron chi connectivity index (χ2n) is 6.62. The summed E-state index contributed by atoms with van der Waals surface area (Å²) in [6, 6.07) is 15.3. The van der Waals surface area contributed by atoms with Crippen molar-refractivity contribution in [1.29, 1.82) is 0 Å². The molecule has 3 rings (SSSR count). The van der Waals surface area contributed by atoms with Crippen LogP contribution in [0.3, 0.4) is 0 Å². The number of aryl methyl sites for hydroxylation is 1. The maximum absolute atomic E-state index is 12.7. The molecule has 1 unspecified atom stereocenters. The number of nitrogens with zero attached hydrogens (tertiary/aromatic N) is 1. The molecule has 0 saturated carbocycles. The van der Waals surface area contributed by atoms with Crippen LogP contribution in [0.2, 0.25) is 0 Å². The summed E-state index contributed by atoms with van der Waals surface area (Å²) in [6.45, 7) is 3.29. The van der Waals surface area contributed by atoms with Gasteiger partial charge in [-0.25, -0.2) is 0 Å². The highest BCUT2D eigenvalue weighted by atomic mass is 79.9. The van der Waals surface area contributed by atoms with Gasteiger partial charge in [0.05, 0.1) is 0 Å². The van der Waals surface area contributed by atoms with Gasteiger partial charge in [0.25, 0.3) is 5.91 Å². The summed E-state index contributed by atoms with van der Waals surface area (Å²) < 4.78 is 0.931. The molecule has 1 heterocycles. The zero-order valence-corrected chi connectivity index (χ0v) is 17.7. The van der Waals surface area contributed by atoms with Gasteiger partial charge in [-0.05, 0) is 56.2 Å². The summed E-state index contributed by atoms with van der Waals surface area (Å²) in [7, 11) is 0. The summed E-state index contributed by atoms with van der Waals surface area (Å²) in [5.74, 6) is 0.680. The lowest BCUT2D eigenvalue weighted by Gasteiger charge is -2.24. The molecule has 0 spiro atoms. The highest BCUT2D eigenvalue weighted by molar-refractivity contribution is 9.10. The van der Waals surface area contributed by atoms with Crippen LogP contribution in [0.5, 0.6) is 0 Å². The average molecular weight is 447 g/mol. The van der Waals surface area contributed by atoms with Crippen molar-refractivity contribution in [2.24, 2.45) is 0 Å². The standard InChI is InChI=1S/C21H23BrN2O2S/c1-15-4-10-18(11-5-15)27-14-12-23-20(25)19-3-2-13-24(19)21(26)16-6-8-17(22)9-7-16/h4-11,19H,2-3,12-14H2,1H3,(H,23,25). The molecular weight excluding hydrogens is 424 g/mol. The van der Waals surface area contributed by atoms with Crippen molar-refractivity contribution in [3.8, 4) is 0 Å². The molecule has 27 heavy (non-hydrogen) atoms. The monoisotopic (exact) mass is 446 g/mol. The summed E-state index contributed by atoms with van der Waals surface area (Å²) in [6.07, 6.45) is 1.58. The number of nitrogens with one attached hydrogen (secondary N) is 1. The van der Waals surface area contributed by atoms with Crippen molar-refractivity contribution in [3.63, 3.8) is 0 Å². The van der Waals surface area contributed by atoms with Crippen LogP contribution in [-0.4, -0.2) is 41.6 Å². The smallest absolute Gasteiger partial charge is 0.254 e. The predicted molar refractivity (Wildman–Crippen MR) is 113 cm³/mol. The van der Waals surface area contributed by atoms with Gasteiger partial charge in [0, 0.05) is 33.8 Å². The predicted octanol–water partition coefficient (Wildman–Crippen LogP) is 4.27. The topological polar surface area (TPSA) is 49.4 Å². The van der Waals surface area contributed by atoms with E-state index < -0.39 is 0 Å². The summed E-state index contributed by atoms with van der Waals surface area (Å²) >= 11 is 5.10. The number of carbonyl (C=O) groups is 2. The van der Waals surface area contributed by atoms with Gasteiger partial charge in [-0.2, -0.15) is 0 Å². The van der Waals surface area contributed by atoms with E-state index in [1.165, 1.54) is 10.5 Å². The van der Waals surface area contributed by atoms with Gasteiger partial charge in [0.15, 0.2) is 0 Å². The van der Waals surface area contributed by atoms with Crippen molar-refractivity contribution < 1.29 is 9.59 Å². The second-order valence-corrected chi connectivity index (χ2v) is 8.70. The van der Waals surface area contributed by atoms with Crippen LogP contribution >= 0.6 is 27.7 Å². The van der Waals surface area contributed by atoms with E-state index in [1.807, 2.05) is 12.1 Å². The Balaban J connectivity index is 1.50. The van der Waals surface area contributed by atoms with Crippen molar-refractivity contribution in [3.05, 3.63) is 64.1 Å². The van der Waals surface area contributed by atoms with Crippen LogP contribution < -0.4 is 5.32 Å². The van der Waals surface area contributed by atoms with Gasteiger partial charge in [-0.3, -0.25) is 9.59 Å². The van der Waals surface area contributed by atoms with Crippen LogP contribution in [0, 0.1) is 6.92 Å². The third kappa shape index (κ3) is 5.36. The summed E-state index contributed by atoms with van der Waals surface area (Å²) in [4.78, 5) is 28.2. The number of hydrogen-bond acceptors (Lipinski definition) is 3. The maximum Gasteiger partial charge on any atom is 0.254 e. The van der Waals surface area contributed by atoms with Gasteiger partial charge in [-0.15, -0.1) is 11.8 Å². The minimum absolute atomic E-state index is 0.0533. The molecule has 4 nitrogen and oxygen atoms in total. The third-order valence-corrected chi connectivity index (χ3v) is 6.14. The molecule has 0 aromatic heterocycles. The van der Waals surface area contributed by atoms with Gasteiger partial charge < -0.3 is 10.2 Å². The quantitative estimate of drug-likeness (QED) is 0.532. The normalized spacial score (nSPS) is 16.4. The van der Waals surface area contributed by atoms with Gasteiger partial charge >= 0.3 is 0 Å². The van der Waals surface area contributed by atoms with E-state index in [0.717, 1.165) is 23.1 Å². The molecule has 1 aliphatic rings. The average Bonchev–Trinajstić information content (AvgIpc) is 3.16. The zero-order valence-electron chi connectivity index (χ0n) is 15.3. The fourth-order valence-corrected chi connectivity index (χ4v) is 4.17. The fourth-order valence-electron chi connectivity index (χ4n) is 3.14. The first-order valence-electron chi connectivity index (χ1n) is 9.08. The van der Waals surface area contributed by atoms with E-state index in [0.29, 0.717) is 18.7 Å². The third-order valence-electron chi connectivity index (χ3n) is 4.60. The van der Waals surface area contributed by atoms with E-state index >= 15 is 0 Å². The molecule has 2 aromatic carbocycles. The molecule has 1 fully saturated rings. The van der Waals surface area contributed by atoms with E-state index in [9.17, 15) is 9.59 Å². The Labute approximate surface area is 172 Å². The van der Waals surface area contributed by atoms with Crippen molar-refractivity contribution >= 4 is 39.5 Å². The Morgan fingerprint density at radius 1 is 1.15 bits per heavy atom. The summed E-state index contributed by atoms with van der Waals surface area (Å²) in [5, 5.41) is 2.99. The van der Waals surface area contributed by atoms with E-state index in [4.69, 9.17) is 0 Å². The molecule has 1 aliphatic heterocycles. The van der Waals surface area contributed by atoms with E-state index in [-0.39, 0.29) is 17.9 Å². The molecule has 0 bridgehead atoms. The number of halogens is 1. The van der Waals surface area contributed by atoms with Crippen molar-refractivity contribution in [1.82, 2.24) is 10.2 Å². The van der Waals surface area contributed by atoms with Crippen molar-refractivity contribution in [2.75, 3.05) is 18.8 Å². The lowest BCUT2D eigenvalue weighted by atomic mass is 10.1. The fraction of sp³-hybridized carbons (Fsp3) is 0.333. The minimum Gasteiger partial charge on any atom is -0.353 e. The molecule has 2 aromatic rings. The Hall–Kier alpha value is -1.79. The molecular formula is C21H23BrN2O2S. The Bertz CT molecular complexity index is 793. The summed E-state index contributed by atoms with van der Waals surface area (Å²) in [5.41, 5.74) is 1.86. The van der Waals surface area contributed by atoms with E-state index in [1.54, 1.807) is 28.8 Å². The molecule has 1 N–H and O–H groups in total. The first-order chi connectivity index (χ1) is 13.0. The van der Waals surface area contributed by atoms with E-state index in [2.05, 4.69) is 52.4 Å². The molecule has 0 aliphatic carbocycles. The number of likely N-dealkylation sites (tertiary alicyclic amines) is 1. The molecule has 1 saturated heterocycles. The lowest BCUT2D eigenvalue weighted by Crippen LogP contribution is -2.46. The van der Waals surface area contributed by atoms with Crippen LogP contribution in [-0.2, 0) is 4.79 Å². The highest BCUT2D eigenvalue weighted by Gasteiger charge is 2.34. The van der Waals surface area contributed by atoms with Crippen LogP contribution in [0.25, 0.3) is 0 Å². The van der Waals surface area contributed by atoms with Gasteiger partial charge in [0.1, 0.15) is 6.04 Å². The van der Waals surface area contributed by atoms with Crippen LogP contribution in [0.1, 0.15) is 28.8 Å². The molecule has 1 atom stereocenters. The molecule has 142 valence electrons.